The molecule has 2 aliphatic rings. The molecule has 1 saturated heterocycles. The van der Waals surface area contributed by atoms with Crippen LogP contribution in [0.15, 0.2) is 24.0 Å². The van der Waals surface area contributed by atoms with Gasteiger partial charge < -0.3 is 14.7 Å². The van der Waals surface area contributed by atoms with Crippen LogP contribution in [0.5, 0.6) is 0 Å². The van der Waals surface area contributed by atoms with Crippen LogP contribution in [0.3, 0.4) is 0 Å². The molecule has 1 amide bonds. The van der Waals surface area contributed by atoms with Crippen LogP contribution in [-0.4, -0.2) is 48.0 Å². The number of halogens is 1. The molecule has 1 aliphatic heterocycles. The summed E-state index contributed by atoms with van der Waals surface area (Å²) in [6, 6.07) is 0. The number of allylic oxidation sites excluding steroid dienone is 3. The summed E-state index contributed by atoms with van der Waals surface area (Å²) < 4.78 is 5.13. The van der Waals surface area contributed by atoms with Crippen molar-refractivity contribution in [2.75, 3.05) is 26.1 Å². The fourth-order valence-electron chi connectivity index (χ4n) is 2.32. The van der Waals surface area contributed by atoms with E-state index in [9.17, 15) is 9.59 Å². The standard InChI is InChI=1S/C13H16ClNO4/c1-19-10-4-2-3-9(5-10)11(16)15-7-13(6-14,8-15)12(17)18/h2-4,9H,5-8H2,1H3,(H,17,18). The van der Waals surface area contributed by atoms with Crippen molar-refractivity contribution in [1.82, 2.24) is 4.90 Å². The minimum absolute atomic E-state index is 0.0237. The van der Waals surface area contributed by atoms with Gasteiger partial charge in [-0.25, -0.2) is 0 Å². The van der Waals surface area contributed by atoms with Crippen molar-refractivity contribution in [2.24, 2.45) is 11.3 Å². The highest BCUT2D eigenvalue weighted by Gasteiger charge is 2.51. The third-order valence-corrected chi connectivity index (χ3v) is 4.15. The summed E-state index contributed by atoms with van der Waals surface area (Å²) >= 11 is 5.69. The van der Waals surface area contributed by atoms with Gasteiger partial charge in [0, 0.05) is 25.4 Å². The van der Waals surface area contributed by atoms with Crippen molar-refractivity contribution in [1.29, 1.82) is 0 Å². The molecule has 0 bridgehead atoms. The van der Waals surface area contributed by atoms with Crippen LogP contribution in [0.25, 0.3) is 0 Å². The van der Waals surface area contributed by atoms with E-state index in [-0.39, 0.29) is 30.8 Å². The number of methoxy groups -OCH3 is 1. The second-order valence-corrected chi connectivity index (χ2v) is 5.21. The van der Waals surface area contributed by atoms with Crippen molar-refractivity contribution in [3.8, 4) is 0 Å². The zero-order chi connectivity index (χ0) is 14.0. The Balaban J connectivity index is 1.96. The van der Waals surface area contributed by atoms with Crippen LogP contribution in [0.2, 0.25) is 0 Å². The fraction of sp³-hybridized carbons (Fsp3) is 0.538. The average molecular weight is 286 g/mol. The smallest absolute Gasteiger partial charge is 0.314 e. The number of amides is 1. The Morgan fingerprint density at radius 3 is 2.79 bits per heavy atom. The van der Waals surface area contributed by atoms with Gasteiger partial charge in [0.2, 0.25) is 5.91 Å². The van der Waals surface area contributed by atoms with E-state index < -0.39 is 11.4 Å². The SMILES string of the molecule is COC1=CC=CC(C(=O)N2CC(CCl)(C(=O)O)C2)C1. The van der Waals surface area contributed by atoms with Crippen LogP contribution in [0.4, 0.5) is 0 Å². The number of hydrogen-bond donors (Lipinski definition) is 1. The molecular weight excluding hydrogens is 270 g/mol. The van der Waals surface area contributed by atoms with E-state index in [0.29, 0.717) is 6.42 Å². The molecule has 104 valence electrons. The second-order valence-electron chi connectivity index (χ2n) is 4.95. The summed E-state index contributed by atoms with van der Waals surface area (Å²) in [5.41, 5.74) is -0.977. The molecule has 0 aromatic heterocycles. The molecule has 2 rings (SSSR count). The van der Waals surface area contributed by atoms with Crippen LogP contribution in [0.1, 0.15) is 6.42 Å². The molecule has 1 aliphatic carbocycles. The summed E-state index contributed by atoms with van der Waals surface area (Å²) in [5.74, 6) is -0.509. The second kappa shape index (κ2) is 5.25. The Hall–Kier alpha value is -1.49. The summed E-state index contributed by atoms with van der Waals surface area (Å²) in [6.45, 7) is 0.363. The molecule has 1 unspecified atom stereocenters. The quantitative estimate of drug-likeness (QED) is 0.789. The van der Waals surface area contributed by atoms with Gasteiger partial charge in [0.05, 0.1) is 18.8 Å². The number of alkyl halides is 1. The molecule has 1 fully saturated rings. The summed E-state index contributed by atoms with van der Waals surface area (Å²) in [5, 5.41) is 9.11. The highest BCUT2D eigenvalue weighted by Crippen LogP contribution is 2.34. The number of aliphatic carboxylic acids is 1. The van der Waals surface area contributed by atoms with Gasteiger partial charge in [0.1, 0.15) is 5.41 Å². The predicted octanol–water partition coefficient (Wildman–Crippen LogP) is 1.24. The zero-order valence-corrected chi connectivity index (χ0v) is 11.4. The highest BCUT2D eigenvalue weighted by molar-refractivity contribution is 6.20. The molecule has 0 spiro atoms. The van der Waals surface area contributed by atoms with Gasteiger partial charge >= 0.3 is 5.97 Å². The number of carbonyl (C=O) groups excluding carboxylic acids is 1. The van der Waals surface area contributed by atoms with Crippen molar-refractivity contribution in [3.05, 3.63) is 24.0 Å². The minimum Gasteiger partial charge on any atom is -0.501 e. The number of nitrogens with zero attached hydrogens (tertiary/aromatic N) is 1. The molecule has 0 aromatic rings. The van der Waals surface area contributed by atoms with E-state index in [2.05, 4.69) is 0 Å². The lowest BCUT2D eigenvalue weighted by atomic mass is 9.80. The van der Waals surface area contributed by atoms with E-state index in [0.717, 1.165) is 5.76 Å². The van der Waals surface area contributed by atoms with Crippen LogP contribution in [0, 0.1) is 11.3 Å². The molecule has 0 saturated carbocycles. The first-order chi connectivity index (χ1) is 9.02. The van der Waals surface area contributed by atoms with E-state index in [1.807, 2.05) is 12.2 Å². The molecule has 19 heavy (non-hydrogen) atoms. The molecule has 1 atom stereocenters. The highest BCUT2D eigenvalue weighted by atomic mass is 35.5. The number of carbonyl (C=O) groups is 2. The van der Waals surface area contributed by atoms with E-state index in [4.69, 9.17) is 21.4 Å². The van der Waals surface area contributed by atoms with Crippen molar-refractivity contribution in [2.45, 2.75) is 6.42 Å². The topological polar surface area (TPSA) is 66.8 Å². The number of carboxylic acids is 1. The number of carboxylic acid groups (broad SMARTS) is 1. The number of likely N-dealkylation sites (tertiary alicyclic amines) is 1. The first-order valence-electron chi connectivity index (χ1n) is 6.02. The van der Waals surface area contributed by atoms with Crippen LogP contribution < -0.4 is 0 Å². The largest absolute Gasteiger partial charge is 0.501 e. The van der Waals surface area contributed by atoms with Crippen LogP contribution in [-0.2, 0) is 14.3 Å². The Bertz CT molecular complexity index is 452. The van der Waals surface area contributed by atoms with Gasteiger partial charge in [0.25, 0.3) is 0 Å². The summed E-state index contributed by atoms with van der Waals surface area (Å²) in [7, 11) is 1.57. The molecule has 5 nitrogen and oxygen atoms in total. The van der Waals surface area contributed by atoms with Gasteiger partial charge in [-0.1, -0.05) is 12.2 Å². The molecule has 6 heteroatoms. The van der Waals surface area contributed by atoms with E-state index in [1.165, 1.54) is 0 Å². The lowest BCUT2D eigenvalue weighted by Crippen LogP contribution is -2.64. The van der Waals surface area contributed by atoms with Crippen molar-refractivity contribution >= 4 is 23.5 Å². The number of hydrogen-bond acceptors (Lipinski definition) is 3. The molecule has 1 heterocycles. The predicted molar refractivity (Wildman–Crippen MR) is 69.7 cm³/mol. The fourth-order valence-corrected chi connectivity index (χ4v) is 2.61. The normalized spacial score (nSPS) is 24.4. The van der Waals surface area contributed by atoms with Crippen LogP contribution >= 0.6 is 11.6 Å². The monoisotopic (exact) mass is 285 g/mol. The third kappa shape index (κ3) is 2.47. The lowest BCUT2D eigenvalue weighted by molar-refractivity contribution is -0.164. The van der Waals surface area contributed by atoms with Gasteiger partial charge in [-0.3, -0.25) is 9.59 Å². The third-order valence-electron chi connectivity index (χ3n) is 3.63. The first-order valence-corrected chi connectivity index (χ1v) is 6.55. The van der Waals surface area contributed by atoms with Gasteiger partial charge in [-0.15, -0.1) is 11.6 Å². The number of ether oxygens (including phenoxy) is 1. The summed E-state index contributed by atoms with van der Waals surface area (Å²) in [4.78, 5) is 24.9. The Morgan fingerprint density at radius 1 is 1.58 bits per heavy atom. The molecular formula is C13H16ClNO4. The first kappa shape index (κ1) is 13.9. The van der Waals surface area contributed by atoms with Gasteiger partial charge in [-0.2, -0.15) is 0 Å². The van der Waals surface area contributed by atoms with Gasteiger partial charge in [-0.05, 0) is 6.08 Å². The maximum atomic E-state index is 12.2. The molecule has 0 radical (unpaired) electrons. The maximum Gasteiger partial charge on any atom is 0.314 e. The minimum atomic E-state index is -0.977. The van der Waals surface area contributed by atoms with Crippen molar-refractivity contribution in [3.63, 3.8) is 0 Å². The molecule has 1 N–H and O–H groups in total. The average Bonchev–Trinajstić information content (AvgIpc) is 2.37. The zero-order valence-electron chi connectivity index (χ0n) is 10.6. The Kier molecular flexibility index (Phi) is 3.85. The maximum absolute atomic E-state index is 12.2. The molecule has 0 aromatic carbocycles. The Morgan fingerprint density at radius 2 is 2.26 bits per heavy atom. The summed E-state index contributed by atoms with van der Waals surface area (Å²) in [6.07, 6.45) is 5.94. The van der Waals surface area contributed by atoms with E-state index in [1.54, 1.807) is 18.1 Å². The number of rotatable bonds is 4. The lowest BCUT2D eigenvalue weighted by Gasteiger charge is -2.47. The van der Waals surface area contributed by atoms with E-state index >= 15 is 0 Å². The van der Waals surface area contributed by atoms with Gasteiger partial charge in [0.15, 0.2) is 0 Å². The van der Waals surface area contributed by atoms with Crippen molar-refractivity contribution < 1.29 is 19.4 Å². The Labute approximate surface area is 116 Å².